The van der Waals surface area contributed by atoms with Gasteiger partial charge >= 0.3 is 0 Å². The molecule has 0 radical (unpaired) electrons. The predicted octanol–water partition coefficient (Wildman–Crippen LogP) is 4.49. The fourth-order valence-corrected chi connectivity index (χ4v) is 2.56. The van der Waals surface area contributed by atoms with Gasteiger partial charge in [0, 0.05) is 16.3 Å². The SMILES string of the molecule is Cc1ccc(C(=O)NC(NC(=S)Nc2ccc(Cl)cc2)C(Cl)Cl)cc1. The van der Waals surface area contributed by atoms with Gasteiger partial charge in [0.25, 0.3) is 5.91 Å². The zero-order valence-corrected chi connectivity index (χ0v) is 16.3. The Balaban J connectivity index is 1.97. The molecular formula is C17H16Cl3N3OS. The first-order valence-electron chi connectivity index (χ1n) is 7.34. The van der Waals surface area contributed by atoms with Crippen LogP contribution in [0, 0.1) is 6.92 Å². The number of aryl methyl sites for hydroxylation is 1. The molecular weight excluding hydrogens is 401 g/mol. The Bertz CT molecular complexity index is 736. The first kappa shape index (κ1) is 19.8. The molecule has 0 saturated carbocycles. The average Bonchev–Trinajstić information content (AvgIpc) is 2.56. The van der Waals surface area contributed by atoms with Crippen LogP contribution in [0.4, 0.5) is 5.69 Å². The molecule has 8 heteroatoms. The van der Waals surface area contributed by atoms with E-state index in [-0.39, 0.29) is 11.0 Å². The summed E-state index contributed by atoms with van der Waals surface area (Å²) in [5.74, 6) is -0.307. The highest BCUT2D eigenvalue weighted by molar-refractivity contribution is 7.80. The summed E-state index contributed by atoms with van der Waals surface area (Å²) >= 11 is 23.0. The maximum Gasteiger partial charge on any atom is 0.252 e. The van der Waals surface area contributed by atoms with Crippen LogP contribution in [-0.4, -0.2) is 22.0 Å². The first-order valence-corrected chi connectivity index (χ1v) is 9.00. The molecule has 0 heterocycles. The Kier molecular flexibility index (Phi) is 7.32. The summed E-state index contributed by atoms with van der Waals surface area (Å²) in [7, 11) is 0. The van der Waals surface area contributed by atoms with Crippen LogP contribution >= 0.6 is 47.0 Å². The highest BCUT2D eigenvalue weighted by Gasteiger charge is 2.21. The van der Waals surface area contributed by atoms with E-state index in [9.17, 15) is 4.79 Å². The molecule has 0 fully saturated rings. The van der Waals surface area contributed by atoms with E-state index in [1.54, 1.807) is 36.4 Å². The number of alkyl halides is 2. The summed E-state index contributed by atoms with van der Waals surface area (Å²) in [5, 5.41) is 9.45. The molecule has 0 saturated heterocycles. The minimum atomic E-state index is -0.903. The third-order valence-corrected chi connectivity index (χ3v) is 4.22. The molecule has 2 aromatic carbocycles. The fraction of sp³-hybridized carbons (Fsp3) is 0.176. The highest BCUT2D eigenvalue weighted by Crippen LogP contribution is 2.14. The van der Waals surface area contributed by atoms with Gasteiger partial charge in [-0.25, -0.2) is 0 Å². The van der Waals surface area contributed by atoms with Gasteiger partial charge < -0.3 is 16.0 Å². The molecule has 2 aromatic rings. The molecule has 0 spiro atoms. The number of carbonyl (C=O) groups excluding carboxylic acids is 1. The second kappa shape index (κ2) is 9.25. The molecule has 4 nitrogen and oxygen atoms in total. The van der Waals surface area contributed by atoms with Crippen molar-refractivity contribution >= 4 is 63.7 Å². The Morgan fingerprint density at radius 2 is 1.60 bits per heavy atom. The normalized spacial score (nSPS) is 11.7. The zero-order valence-electron chi connectivity index (χ0n) is 13.2. The van der Waals surface area contributed by atoms with Gasteiger partial charge in [-0.2, -0.15) is 0 Å². The van der Waals surface area contributed by atoms with E-state index in [0.717, 1.165) is 11.3 Å². The number of rotatable bonds is 5. The first-order chi connectivity index (χ1) is 11.8. The smallest absolute Gasteiger partial charge is 0.252 e. The fourth-order valence-electron chi connectivity index (χ4n) is 1.93. The van der Waals surface area contributed by atoms with Crippen LogP contribution in [-0.2, 0) is 0 Å². The molecule has 132 valence electrons. The number of amides is 1. The van der Waals surface area contributed by atoms with Gasteiger partial charge in [0.1, 0.15) is 11.0 Å². The van der Waals surface area contributed by atoms with Crippen molar-refractivity contribution in [3.8, 4) is 0 Å². The minimum Gasteiger partial charge on any atom is -0.340 e. The summed E-state index contributed by atoms with van der Waals surface area (Å²) < 4.78 is 0. The van der Waals surface area contributed by atoms with Crippen LogP contribution < -0.4 is 16.0 Å². The van der Waals surface area contributed by atoms with Gasteiger partial charge in [-0.15, -0.1) is 23.2 Å². The number of nitrogens with one attached hydrogen (secondary N) is 3. The van der Waals surface area contributed by atoms with E-state index in [0.29, 0.717) is 10.6 Å². The van der Waals surface area contributed by atoms with Crippen LogP contribution in [0.3, 0.4) is 0 Å². The quantitative estimate of drug-likeness (QED) is 0.382. The second-order valence-electron chi connectivity index (χ2n) is 5.26. The number of thiocarbonyl (C=S) groups is 1. The lowest BCUT2D eigenvalue weighted by molar-refractivity contribution is 0.0936. The number of hydrogen-bond acceptors (Lipinski definition) is 2. The number of carbonyl (C=O) groups is 1. The predicted molar refractivity (Wildman–Crippen MR) is 109 cm³/mol. The topological polar surface area (TPSA) is 53.2 Å². The van der Waals surface area contributed by atoms with Gasteiger partial charge in [0.15, 0.2) is 5.11 Å². The largest absolute Gasteiger partial charge is 0.340 e. The van der Waals surface area contributed by atoms with Crippen LogP contribution in [0.15, 0.2) is 48.5 Å². The summed E-state index contributed by atoms with van der Waals surface area (Å²) in [6, 6.07) is 14.2. The zero-order chi connectivity index (χ0) is 18.4. The number of hydrogen-bond donors (Lipinski definition) is 3. The Labute approximate surface area is 166 Å². The van der Waals surface area contributed by atoms with Gasteiger partial charge in [0.05, 0.1) is 0 Å². The van der Waals surface area contributed by atoms with E-state index in [2.05, 4.69) is 16.0 Å². The van der Waals surface area contributed by atoms with Crippen LogP contribution in [0.2, 0.25) is 5.02 Å². The van der Waals surface area contributed by atoms with Crippen molar-refractivity contribution in [2.45, 2.75) is 17.9 Å². The molecule has 2 rings (SSSR count). The van der Waals surface area contributed by atoms with Crippen LogP contribution in [0.5, 0.6) is 0 Å². The third-order valence-electron chi connectivity index (χ3n) is 3.24. The van der Waals surface area contributed by atoms with Gasteiger partial charge in [-0.05, 0) is 55.5 Å². The average molecular weight is 417 g/mol. The molecule has 1 unspecified atom stereocenters. The maximum atomic E-state index is 12.3. The molecule has 0 aromatic heterocycles. The van der Waals surface area contributed by atoms with Crippen molar-refractivity contribution in [2.24, 2.45) is 0 Å². The standard InChI is InChI=1S/C17H16Cl3N3OS/c1-10-2-4-11(5-3-10)16(24)22-15(14(19)20)23-17(25)21-13-8-6-12(18)7-9-13/h2-9,14-15H,1H3,(H,22,24)(H2,21,23,25). The lowest BCUT2D eigenvalue weighted by Crippen LogP contribution is -2.52. The van der Waals surface area contributed by atoms with Gasteiger partial charge in [-0.3, -0.25) is 4.79 Å². The molecule has 0 aliphatic heterocycles. The molecule has 1 amide bonds. The van der Waals surface area contributed by atoms with E-state index >= 15 is 0 Å². The molecule has 0 aliphatic rings. The van der Waals surface area contributed by atoms with Crippen molar-refractivity contribution in [3.63, 3.8) is 0 Å². The summed E-state index contributed by atoms with van der Waals surface area (Å²) in [5.41, 5.74) is 2.31. The summed E-state index contributed by atoms with van der Waals surface area (Å²) in [4.78, 5) is 11.4. The van der Waals surface area contributed by atoms with Crippen LogP contribution in [0.1, 0.15) is 15.9 Å². The van der Waals surface area contributed by atoms with Crippen molar-refractivity contribution < 1.29 is 4.79 Å². The minimum absolute atomic E-state index is 0.267. The van der Waals surface area contributed by atoms with Crippen molar-refractivity contribution in [1.29, 1.82) is 0 Å². The van der Waals surface area contributed by atoms with E-state index in [1.165, 1.54) is 0 Å². The second-order valence-corrected chi connectivity index (χ2v) is 7.27. The Morgan fingerprint density at radius 3 is 2.16 bits per heavy atom. The number of halogens is 3. The third kappa shape index (κ3) is 6.36. The monoisotopic (exact) mass is 415 g/mol. The van der Waals surface area contributed by atoms with E-state index in [4.69, 9.17) is 47.0 Å². The molecule has 0 aliphatic carbocycles. The summed E-state index contributed by atoms with van der Waals surface area (Å²) in [6.45, 7) is 1.94. The molecule has 3 N–H and O–H groups in total. The van der Waals surface area contributed by atoms with Crippen molar-refractivity contribution in [3.05, 3.63) is 64.7 Å². The highest BCUT2D eigenvalue weighted by atomic mass is 35.5. The van der Waals surface area contributed by atoms with Crippen molar-refractivity contribution in [2.75, 3.05) is 5.32 Å². The van der Waals surface area contributed by atoms with E-state index in [1.807, 2.05) is 19.1 Å². The molecule has 25 heavy (non-hydrogen) atoms. The lowest BCUT2D eigenvalue weighted by Gasteiger charge is -2.23. The number of benzene rings is 2. The lowest BCUT2D eigenvalue weighted by atomic mass is 10.1. The number of anilines is 1. The van der Waals surface area contributed by atoms with Gasteiger partial charge in [0.2, 0.25) is 0 Å². The summed E-state index contributed by atoms with van der Waals surface area (Å²) in [6.07, 6.45) is -0.760. The van der Waals surface area contributed by atoms with Crippen LogP contribution in [0.25, 0.3) is 0 Å². The molecule has 0 bridgehead atoms. The maximum absolute atomic E-state index is 12.3. The Morgan fingerprint density at radius 1 is 1.00 bits per heavy atom. The van der Waals surface area contributed by atoms with E-state index < -0.39 is 11.0 Å². The van der Waals surface area contributed by atoms with Gasteiger partial charge in [-0.1, -0.05) is 29.3 Å². The van der Waals surface area contributed by atoms with Crippen molar-refractivity contribution in [1.82, 2.24) is 10.6 Å². The molecule has 1 atom stereocenters. The Hall–Kier alpha value is -1.53.